The van der Waals surface area contributed by atoms with Gasteiger partial charge in [0.2, 0.25) is 0 Å². The van der Waals surface area contributed by atoms with Crippen molar-refractivity contribution in [1.82, 2.24) is 20.0 Å². The van der Waals surface area contributed by atoms with Crippen molar-refractivity contribution in [3.8, 4) is 17.0 Å². The molecule has 0 aliphatic rings. The van der Waals surface area contributed by atoms with Gasteiger partial charge in [-0.3, -0.25) is 0 Å². The van der Waals surface area contributed by atoms with E-state index in [1.165, 1.54) is 10.9 Å². The van der Waals surface area contributed by atoms with Crippen LogP contribution in [0.3, 0.4) is 0 Å². The van der Waals surface area contributed by atoms with Gasteiger partial charge in [-0.15, -0.1) is 5.10 Å². The van der Waals surface area contributed by atoms with Crippen LogP contribution in [0.2, 0.25) is 0 Å². The number of benzene rings is 2. The van der Waals surface area contributed by atoms with Gasteiger partial charge < -0.3 is 15.0 Å². The van der Waals surface area contributed by atoms with E-state index in [-0.39, 0.29) is 0 Å². The predicted molar refractivity (Wildman–Crippen MR) is 93.5 cm³/mol. The van der Waals surface area contributed by atoms with Crippen molar-refractivity contribution in [1.29, 1.82) is 0 Å². The number of hydrogen-bond acceptors (Lipinski definition) is 4. The molecule has 0 atom stereocenters. The zero-order chi connectivity index (χ0) is 16.5. The summed E-state index contributed by atoms with van der Waals surface area (Å²) in [5.41, 5.74) is 9.68. The van der Waals surface area contributed by atoms with Gasteiger partial charge in [0, 0.05) is 29.7 Å². The molecular weight excluding hydrogens is 302 g/mol. The Bertz CT molecular complexity index is 1000. The molecule has 0 bridgehead atoms. The number of nitrogens with zero attached hydrogens (tertiary/aromatic N) is 3. The molecule has 6 heteroatoms. The van der Waals surface area contributed by atoms with E-state index in [4.69, 9.17) is 10.5 Å². The highest BCUT2D eigenvalue weighted by atomic mass is 16.5. The van der Waals surface area contributed by atoms with Crippen molar-refractivity contribution >= 4 is 16.7 Å². The summed E-state index contributed by atoms with van der Waals surface area (Å²) < 4.78 is 8.08. The molecule has 0 spiro atoms. The number of aromatic amines is 1. The quantitative estimate of drug-likeness (QED) is 0.605. The molecule has 0 radical (unpaired) electrons. The Hall–Kier alpha value is -3.28. The predicted octanol–water partition coefficient (Wildman–Crippen LogP) is 3.12. The minimum atomic E-state index is 0.446. The molecule has 0 aliphatic heterocycles. The molecule has 24 heavy (non-hydrogen) atoms. The SMILES string of the molecule is Cn1ccc2c(COc3cccc(-c4nn[nH]c4N)c3)cccc21. The number of nitrogen functional groups attached to an aromatic ring is 1. The van der Waals surface area contributed by atoms with Gasteiger partial charge in [0.1, 0.15) is 23.9 Å². The lowest BCUT2D eigenvalue weighted by atomic mass is 10.1. The Labute approximate surface area is 138 Å². The number of hydrogen-bond donors (Lipinski definition) is 2. The Kier molecular flexibility index (Phi) is 3.42. The lowest BCUT2D eigenvalue weighted by molar-refractivity contribution is 0.308. The smallest absolute Gasteiger partial charge is 0.147 e. The highest BCUT2D eigenvalue weighted by Crippen LogP contribution is 2.26. The van der Waals surface area contributed by atoms with Gasteiger partial charge in [-0.05, 0) is 29.8 Å². The maximum atomic E-state index is 5.98. The van der Waals surface area contributed by atoms with Gasteiger partial charge in [-0.2, -0.15) is 0 Å². The summed E-state index contributed by atoms with van der Waals surface area (Å²) in [4.78, 5) is 0. The van der Waals surface area contributed by atoms with E-state index in [0.29, 0.717) is 18.1 Å². The van der Waals surface area contributed by atoms with Crippen molar-refractivity contribution in [3.05, 3.63) is 60.3 Å². The van der Waals surface area contributed by atoms with E-state index < -0.39 is 0 Å². The first-order valence-corrected chi connectivity index (χ1v) is 7.65. The van der Waals surface area contributed by atoms with Crippen LogP contribution < -0.4 is 10.5 Å². The second-order valence-electron chi connectivity index (χ2n) is 5.67. The third kappa shape index (κ3) is 2.48. The van der Waals surface area contributed by atoms with E-state index in [1.807, 2.05) is 37.4 Å². The highest BCUT2D eigenvalue weighted by Gasteiger charge is 2.09. The first-order valence-electron chi connectivity index (χ1n) is 7.65. The first-order chi connectivity index (χ1) is 11.7. The van der Waals surface area contributed by atoms with Gasteiger partial charge in [-0.1, -0.05) is 29.5 Å². The molecule has 0 fully saturated rings. The zero-order valence-electron chi connectivity index (χ0n) is 13.2. The molecule has 2 aromatic heterocycles. The zero-order valence-corrected chi connectivity index (χ0v) is 13.2. The van der Waals surface area contributed by atoms with Crippen molar-refractivity contribution in [3.63, 3.8) is 0 Å². The van der Waals surface area contributed by atoms with E-state index >= 15 is 0 Å². The molecule has 120 valence electrons. The van der Waals surface area contributed by atoms with E-state index in [9.17, 15) is 0 Å². The first kappa shape index (κ1) is 14.3. The maximum absolute atomic E-state index is 5.98. The van der Waals surface area contributed by atoms with Gasteiger partial charge >= 0.3 is 0 Å². The third-order valence-corrected chi connectivity index (χ3v) is 4.10. The van der Waals surface area contributed by atoms with Crippen molar-refractivity contribution in [2.24, 2.45) is 7.05 Å². The van der Waals surface area contributed by atoms with Crippen molar-refractivity contribution < 1.29 is 4.74 Å². The summed E-state index contributed by atoms with van der Waals surface area (Å²) >= 11 is 0. The molecule has 2 heterocycles. The lowest BCUT2D eigenvalue weighted by Gasteiger charge is -2.09. The van der Waals surface area contributed by atoms with E-state index in [0.717, 1.165) is 16.9 Å². The molecule has 4 rings (SSSR count). The summed E-state index contributed by atoms with van der Waals surface area (Å²) in [6.07, 6.45) is 2.06. The average Bonchev–Trinajstić information content (AvgIpc) is 3.20. The van der Waals surface area contributed by atoms with Crippen LogP contribution in [0.5, 0.6) is 5.75 Å². The monoisotopic (exact) mass is 319 g/mol. The molecule has 0 unspecified atom stereocenters. The van der Waals surface area contributed by atoms with Gasteiger partial charge in [-0.25, -0.2) is 5.10 Å². The fourth-order valence-corrected chi connectivity index (χ4v) is 2.84. The number of nitrogens with one attached hydrogen (secondary N) is 1. The van der Waals surface area contributed by atoms with Crippen LogP contribution >= 0.6 is 0 Å². The van der Waals surface area contributed by atoms with E-state index in [2.05, 4.69) is 44.4 Å². The van der Waals surface area contributed by atoms with Gasteiger partial charge in [0.25, 0.3) is 0 Å². The fourth-order valence-electron chi connectivity index (χ4n) is 2.84. The number of H-pyrrole nitrogens is 1. The Morgan fingerprint density at radius 1 is 1.17 bits per heavy atom. The van der Waals surface area contributed by atoms with Crippen LogP contribution in [0, 0.1) is 0 Å². The number of aromatic nitrogens is 4. The molecule has 0 saturated heterocycles. The van der Waals surface area contributed by atoms with Gasteiger partial charge in [0.05, 0.1) is 0 Å². The fraction of sp³-hybridized carbons (Fsp3) is 0.111. The summed E-state index contributed by atoms with van der Waals surface area (Å²) in [5.74, 6) is 1.21. The molecule has 2 aromatic carbocycles. The van der Waals surface area contributed by atoms with Crippen LogP contribution in [0.25, 0.3) is 22.2 Å². The van der Waals surface area contributed by atoms with Crippen LogP contribution in [0.1, 0.15) is 5.56 Å². The summed E-state index contributed by atoms with van der Waals surface area (Å²) in [6.45, 7) is 0.499. The largest absolute Gasteiger partial charge is 0.489 e. The van der Waals surface area contributed by atoms with Crippen LogP contribution in [-0.4, -0.2) is 20.0 Å². The van der Waals surface area contributed by atoms with Crippen molar-refractivity contribution in [2.75, 3.05) is 5.73 Å². The third-order valence-electron chi connectivity index (χ3n) is 4.10. The Morgan fingerprint density at radius 3 is 2.88 bits per heavy atom. The summed E-state index contributed by atoms with van der Waals surface area (Å²) in [5, 5.41) is 11.6. The van der Waals surface area contributed by atoms with E-state index in [1.54, 1.807) is 0 Å². The number of rotatable bonds is 4. The van der Waals surface area contributed by atoms with Crippen LogP contribution in [-0.2, 0) is 13.7 Å². The lowest BCUT2D eigenvalue weighted by Crippen LogP contribution is -1.97. The second kappa shape index (κ2) is 5.73. The number of aryl methyl sites for hydroxylation is 1. The number of fused-ring (bicyclic) bond motifs is 1. The number of nitrogens with two attached hydrogens (primary N) is 1. The van der Waals surface area contributed by atoms with Crippen molar-refractivity contribution in [2.45, 2.75) is 6.61 Å². The minimum absolute atomic E-state index is 0.446. The Morgan fingerprint density at radius 2 is 2.04 bits per heavy atom. The molecule has 0 aliphatic carbocycles. The molecule has 0 saturated carbocycles. The second-order valence-corrected chi connectivity index (χ2v) is 5.67. The highest BCUT2D eigenvalue weighted by molar-refractivity contribution is 5.83. The van der Waals surface area contributed by atoms with Crippen LogP contribution in [0.4, 0.5) is 5.82 Å². The average molecular weight is 319 g/mol. The van der Waals surface area contributed by atoms with Gasteiger partial charge in [0.15, 0.2) is 0 Å². The Balaban J connectivity index is 1.59. The standard InChI is InChI=1S/C18H17N5O/c1-23-9-8-15-13(5-3-7-16(15)23)11-24-14-6-2-4-12(10-14)17-18(19)21-22-20-17/h2-10H,11H2,1H3,(H3,19,20,21,22). The number of ether oxygens (including phenoxy) is 1. The molecule has 6 nitrogen and oxygen atoms in total. The molecule has 0 amide bonds. The summed E-state index contributed by atoms with van der Waals surface area (Å²) in [7, 11) is 2.04. The van der Waals surface area contributed by atoms with Crippen LogP contribution in [0.15, 0.2) is 54.7 Å². The maximum Gasteiger partial charge on any atom is 0.147 e. The minimum Gasteiger partial charge on any atom is -0.489 e. The molecular formula is C18H17N5O. The topological polar surface area (TPSA) is 81.8 Å². The normalized spacial score (nSPS) is 11.0. The molecule has 3 N–H and O–H groups in total. The molecule has 4 aromatic rings. The number of anilines is 1. The summed E-state index contributed by atoms with van der Waals surface area (Å²) in [6, 6.07) is 16.0.